The molecule has 0 spiro atoms. The number of ether oxygens (including phenoxy) is 1. The Labute approximate surface area is 169 Å². The SMILES string of the molecule is CCCN1CC=C2C(C#N)=C(N)C(C#N)(C#N)[C@@H](c3cc(OC)ccc3F)[C@@H]2C1. The Kier molecular flexibility index (Phi) is 5.59. The first kappa shape index (κ1) is 20.4. The number of methoxy groups -OCH3 is 1. The Hall–Kier alpha value is -3.34. The van der Waals surface area contributed by atoms with E-state index in [2.05, 4.69) is 17.9 Å². The lowest BCUT2D eigenvalue weighted by Gasteiger charge is -2.45. The minimum absolute atomic E-state index is 0.108. The van der Waals surface area contributed by atoms with Crippen molar-refractivity contribution in [1.29, 1.82) is 15.8 Å². The smallest absolute Gasteiger partial charge is 0.191 e. The van der Waals surface area contributed by atoms with E-state index in [1.54, 1.807) is 0 Å². The Bertz CT molecular complexity index is 993. The van der Waals surface area contributed by atoms with Crippen molar-refractivity contribution in [1.82, 2.24) is 4.90 Å². The topological polar surface area (TPSA) is 110 Å². The van der Waals surface area contributed by atoms with Gasteiger partial charge >= 0.3 is 0 Å². The van der Waals surface area contributed by atoms with Crippen LogP contribution in [0.4, 0.5) is 4.39 Å². The van der Waals surface area contributed by atoms with Crippen molar-refractivity contribution in [3.63, 3.8) is 0 Å². The molecule has 1 aromatic carbocycles. The summed E-state index contributed by atoms with van der Waals surface area (Å²) in [6.45, 7) is 4.02. The van der Waals surface area contributed by atoms with Crippen LogP contribution in [0.2, 0.25) is 0 Å². The van der Waals surface area contributed by atoms with Crippen LogP contribution >= 0.6 is 0 Å². The first-order valence-corrected chi connectivity index (χ1v) is 9.46. The maximum atomic E-state index is 15.0. The molecule has 0 amide bonds. The molecule has 1 aliphatic heterocycles. The monoisotopic (exact) mass is 391 g/mol. The summed E-state index contributed by atoms with van der Waals surface area (Å²) in [6, 6.07) is 10.4. The lowest BCUT2D eigenvalue weighted by atomic mass is 9.58. The van der Waals surface area contributed by atoms with Gasteiger partial charge in [0.25, 0.3) is 0 Å². The Balaban J connectivity index is 2.32. The van der Waals surface area contributed by atoms with Gasteiger partial charge in [-0.3, -0.25) is 4.90 Å². The van der Waals surface area contributed by atoms with E-state index in [4.69, 9.17) is 10.5 Å². The molecule has 0 aromatic heterocycles. The maximum Gasteiger partial charge on any atom is 0.191 e. The number of nitrogens with zero attached hydrogens (tertiary/aromatic N) is 4. The van der Waals surface area contributed by atoms with E-state index < -0.39 is 23.1 Å². The molecular weight excluding hydrogens is 369 g/mol. The van der Waals surface area contributed by atoms with Crippen LogP contribution in [0.15, 0.2) is 41.1 Å². The van der Waals surface area contributed by atoms with Gasteiger partial charge in [-0.1, -0.05) is 13.0 Å². The van der Waals surface area contributed by atoms with Crippen LogP contribution in [0, 0.1) is 51.1 Å². The van der Waals surface area contributed by atoms with Crippen LogP contribution in [0.5, 0.6) is 5.75 Å². The molecule has 0 fully saturated rings. The summed E-state index contributed by atoms with van der Waals surface area (Å²) < 4.78 is 20.2. The third-order valence-corrected chi connectivity index (χ3v) is 5.82. The summed E-state index contributed by atoms with van der Waals surface area (Å²) in [5.41, 5.74) is 5.33. The van der Waals surface area contributed by atoms with Crippen LogP contribution in [0.25, 0.3) is 0 Å². The lowest BCUT2D eigenvalue weighted by Crippen LogP contribution is -2.48. The molecule has 29 heavy (non-hydrogen) atoms. The van der Waals surface area contributed by atoms with E-state index in [1.807, 2.05) is 18.2 Å². The third-order valence-electron chi connectivity index (χ3n) is 5.82. The third kappa shape index (κ3) is 3.12. The molecule has 2 N–H and O–H groups in total. The van der Waals surface area contributed by atoms with Crippen molar-refractivity contribution in [2.24, 2.45) is 17.1 Å². The van der Waals surface area contributed by atoms with Crippen molar-refractivity contribution in [3.05, 3.63) is 52.5 Å². The van der Waals surface area contributed by atoms with E-state index in [0.717, 1.165) is 13.0 Å². The first-order valence-electron chi connectivity index (χ1n) is 9.46. The number of allylic oxidation sites excluding steroid dienone is 2. The second kappa shape index (κ2) is 7.95. The number of hydrogen-bond acceptors (Lipinski definition) is 6. The highest BCUT2D eigenvalue weighted by atomic mass is 19.1. The Morgan fingerprint density at radius 1 is 1.31 bits per heavy atom. The number of hydrogen-bond donors (Lipinski definition) is 1. The molecule has 7 heteroatoms. The molecule has 1 aliphatic carbocycles. The van der Waals surface area contributed by atoms with Crippen molar-refractivity contribution in [2.75, 3.05) is 26.7 Å². The molecule has 2 atom stereocenters. The van der Waals surface area contributed by atoms with Crippen LogP contribution in [0.1, 0.15) is 24.8 Å². The molecule has 0 unspecified atom stereocenters. The van der Waals surface area contributed by atoms with E-state index in [0.29, 0.717) is 24.4 Å². The molecular formula is C22H22FN5O. The predicted octanol–water partition coefficient (Wildman–Crippen LogP) is 2.97. The molecule has 6 nitrogen and oxygen atoms in total. The highest BCUT2D eigenvalue weighted by molar-refractivity contribution is 5.59. The first-order chi connectivity index (χ1) is 14.0. The van der Waals surface area contributed by atoms with Gasteiger partial charge in [0.2, 0.25) is 0 Å². The number of nitriles is 3. The number of rotatable bonds is 4. The number of fused-ring (bicyclic) bond motifs is 1. The molecule has 0 bridgehead atoms. The number of halogens is 1. The highest BCUT2D eigenvalue weighted by Crippen LogP contribution is 2.54. The van der Waals surface area contributed by atoms with E-state index in [9.17, 15) is 20.2 Å². The van der Waals surface area contributed by atoms with Gasteiger partial charge in [-0.25, -0.2) is 4.39 Å². The van der Waals surface area contributed by atoms with Crippen LogP contribution < -0.4 is 10.5 Å². The molecule has 0 saturated heterocycles. The molecule has 148 valence electrons. The molecule has 0 radical (unpaired) electrons. The van der Waals surface area contributed by atoms with Gasteiger partial charge in [0.15, 0.2) is 5.41 Å². The molecule has 1 heterocycles. The van der Waals surface area contributed by atoms with Gasteiger partial charge in [0.05, 0.1) is 30.5 Å². The Morgan fingerprint density at radius 2 is 2.03 bits per heavy atom. The predicted molar refractivity (Wildman–Crippen MR) is 104 cm³/mol. The van der Waals surface area contributed by atoms with Crippen LogP contribution in [-0.2, 0) is 0 Å². The molecule has 1 aromatic rings. The largest absolute Gasteiger partial charge is 0.497 e. The maximum absolute atomic E-state index is 15.0. The van der Waals surface area contributed by atoms with Gasteiger partial charge in [0.1, 0.15) is 17.6 Å². The number of benzene rings is 1. The highest BCUT2D eigenvalue weighted by Gasteiger charge is 2.55. The van der Waals surface area contributed by atoms with Gasteiger partial charge < -0.3 is 10.5 Å². The molecule has 3 rings (SSSR count). The second-order valence-corrected chi connectivity index (χ2v) is 7.32. The minimum atomic E-state index is -1.85. The minimum Gasteiger partial charge on any atom is -0.497 e. The fourth-order valence-corrected chi connectivity index (χ4v) is 4.47. The van der Waals surface area contributed by atoms with E-state index in [1.165, 1.54) is 25.3 Å². The summed E-state index contributed by atoms with van der Waals surface area (Å²) in [6.07, 6.45) is 2.85. The zero-order chi connectivity index (χ0) is 21.2. The lowest BCUT2D eigenvalue weighted by molar-refractivity contribution is 0.205. The fraction of sp³-hybridized carbons (Fsp3) is 0.409. The van der Waals surface area contributed by atoms with Gasteiger partial charge in [-0.2, -0.15) is 15.8 Å². The van der Waals surface area contributed by atoms with Crippen molar-refractivity contribution in [2.45, 2.75) is 19.3 Å². The van der Waals surface area contributed by atoms with Crippen molar-refractivity contribution < 1.29 is 9.13 Å². The molecule has 2 aliphatic rings. The van der Waals surface area contributed by atoms with E-state index >= 15 is 0 Å². The van der Waals surface area contributed by atoms with Crippen molar-refractivity contribution in [3.8, 4) is 24.0 Å². The van der Waals surface area contributed by atoms with Gasteiger partial charge in [-0.05, 0) is 42.3 Å². The van der Waals surface area contributed by atoms with Crippen LogP contribution in [-0.4, -0.2) is 31.6 Å². The van der Waals surface area contributed by atoms with Gasteiger partial charge in [0, 0.05) is 24.9 Å². The summed E-state index contributed by atoms with van der Waals surface area (Å²) in [5, 5.41) is 29.8. The average Bonchev–Trinajstić information content (AvgIpc) is 2.74. The van der Waals surface area contributed by atoms with E-state index in [-0.39, 0.29) is 16.8 Å². The summed E-state index contributed by atoms with van der Waals surface area (Å²) in [5.74, 6) is -1.40. The fourth-order valence-electron chi connectivity index (χ4n) is 4.47. The summed E-state index contributed by atoms with van der Waals surface area (Å²) in [4.78, 5) is 2.18. The molecule has 0 saturated carbocycles. The zero-order valence-electron chi connectivity index (χ0n) is 16.4. The van der Waals surface area contributed by atoms with Crippen LogP contribution in [0.3, 0.4) is 0 Å². The second-order valence-electron chi connectivity index (χ2n) is 7.32. The summed E-state index contributed by atoms with van der Waals surface area (Å²) >= 11 is 0. The van der Waals surface area contributed by atoms with Gasteiger partial charge in [-0.15, -0.1) is 0 Å². The summed E-state index contributed by atoms with van der Waals surface area (Å²) in [7, 11) is 1.47. The quantitative estimate of drug-likeness (QED) is 0.845. The standard InChI is InChI=1S/C22H22FN5O/c1-3-7-28-8-6-15-17(10-24)21(27)22(12-25,13-26)20(18(15)11-28)16-9-14(29-2)4-5-19(16)23/h4-6,9,18,20H,3,7-8,11,27H2,1-2H3/t18-,20+/m1/s1. The average molecular weight is 391 g/mol. The zero-order valence-corrected chi connectivity index (χ0v) is 16.4. The van der Waals surface area contributed by atoms with Crippen molar-refractivity contribution >= 4 is 0 Å². The Morgan fingerprint density at radius 3 is 2.62 bits per heavy atom. The normalized spacial score (nSPS) is 23.2. The number of nitrogens with two attached hydrogens (primary N) is 1.